The van der Waals surface area contributed by atoms with Gasteiger partial charge in [0.1, 0.15) is 11.2 Å². The molecule has 0 radical (unpaired) electrons. The van der Waals surface area contributed by atoms with Gasteiger partial charge < -0.3 is 4.42 Å². The molecule has 0 bridgehead atoms. The number of halogens is 2. The van der Waals surface area contributed by atoms with Gasteiger partial charge in [0.25, 0.3) is 0 Å². The zero-order valence-corrected chi connectivity index (χ0v) is 12.1. The molecule has 0 fully saturated rings. The minimum atomic E-state index is 0.731. The van der Waals surface area contributed by atoms with Crippen LogP contribution in [0, 0.1) is 0 Å². The molecule has 0 unspecified atom stereocenters. The first-order chi connectivity index (χ1) is 9.24. The SMILES string of the molecule is Clc1cc2ccc(Br)cc2c2oc3ccccc3c12. The molecular formula is C16H8BrClO. The standard InChI is InChI=1S/C16H8BrClO/c17-10-6-5-9-7-13(18)15-11-3-1-2-4-14(11)19-16(15)12(9)8-10/h1-8H. The molecule has 92 valence electrons. The van der Waals surface area contributed by atoms with Crippen LogP contribution in [-0.4, -0.2) is 0 Å². The smallest absolute Gasteiger partial charge is 0.144 e. The van der Waals surface area contributed by atoms with E-state index in [1.807, 2.05) is 42.5 Å². The van der Waals surface area contributed by atoms with E-state index in [1.165, 1.54) is 0 Å². The Morgan fingerprint density at radius 3 is 2.68 bits per heavy atom. The average molecular weight is 332 g/mol. The minimum Gasteiger partial charge on any atom is -0.455 e. The van der Waals surface area contributed by atoms with Crippen LogP contribution in [0.3, 0.4) is 0 Å². The highest BCUT2D eigenvalue weighted by molar-refractivity contribution is 9.10. The summed E-state index contributed by atoms with van der Waals surface area (Å²) in [7, 11) is 0. The van der Waals surface area contributed by atoms with E-state index in [1.54, 1.807) is 0 Å². The van der Waals surface area contributed by atoms with Crippen molar-refractivity contribution in [3.05, 3.63) is 58.0 Å². The molecule has 4 aromatic rings. The first-order valence-electron chi connectivity index (χ1n) is 5.93. The van der Waals surface area contributed by atoms with Crippen LogP contribution in [0.4, 0.5) is 0 Å². The van der Waals surface area contributed by atoms with Crippen LogP contribution in [0.25, 0.3) is 32.7 Å². The van der Waals surface area contributed by atoms with E-state index in [4.69, 9.17) is 16.0 Å². The highest BCUT2D eigenvalue weighted by Gasteiger charge is 2.13. The Hall–Kier alpha value is -1.51. The van der Waals surface area contributed by atoms with Gasteiger partial charge in [-0.05, 0) is 29.7 Å². The largest absolute Gasteiger partial charge is 0.455 e. The van der Waals surface area contributed by atoms with Crippen molar-refractivity contribution in [2.24, 2.45) is 0 Å². The molecule has 1 heterocycles. The van der Waals surface area contributed by atoms with E-state index in [9.17, 15) is 0 Å². The molecule has 0 atom stereocenters. The summed E-state index contributed by atoms with van der Waals surface area (Å²) >= 11 is 9.93. The van der Waals surface area contributed by atoms with Crippen LogP contribution in [0.15, 0.2) is 57.4 Å². The molecule has 3 heteroatoms. The molecule has 0 aliphatic carbocycles. The average Bonchev–Trinajstić information content (AvgIpc) is 2.80. The molecule has 0 saturated heterocycles. The number of para-hydroxylation sites is 1. The topological polar surface area (TPSA) is 13.1 Å². The van der Waals surface area contributed by atoms with Crippen LogP contribution in [-0.2, 0) is 0 Å². The maximum absolute atomic E-state index is 6.42. The van der Waals surface area contributed by atoms with Gasteiger partial charge in [-0.3, -0.25) is 0 Å². The lowest BCUT2D eigenvalue weighted by Crippen LogP contribution is -1.76. The second-order valence-electron chi connectivity index (χ2n) is 4.53. The third kappa shape index (κ3) is 1.60. The van der Waals surface area contributed by atoms with E-state index < -0.39 is 0 Å². The third-order valence-corrected chi connectivity index (χ3v) is 4.17. The normalized spacial score (nSPS) is 11.7. The lowest BCUT2D eigenvalue weighted by atomic mass is 10.1. The van der Waals surface area contributed by atoms with Gasteiger partial charge in [-0.1, -0.05) is 51.8 Å². The number of furan rings is 1. The third-order valence-electron chi connectivity index (χ3n) is 3.38. The second kappa shape index (κ2) is 3.99. The van der Waals surface area contributed by atoms with Gasteiger partial charge in [-0.2, -0.15) is 0 Å². The number of fused-ring (bicyclic) bond motifs is 5. The van der Waals surface area contributed by atoms with Crippen LogP contribution < -0.4 is 0 Å². The van der Waals surface area contributed by atoms with Gasteiger partial charge in [0.2, 0.25) is 0 Å². The van der Waals surface area contributed by atoms with Gasteiger partial charge >= 0.3 is 0 Å². The fraction of sp³-hybridized carbons (Fsp3) is 0. The summed E-state index contributed by atoms with van der Waals surface area (Å²) in [6.07, 6.45) is 0. The van der Waals surface area contributed by atoms with Crippen molar-refractivity contribution >= 4 is 60.2 Å². The second-order valence-corrected chi connectivity index (χ2v) is 5.85. The van der Waals surface area contributed by atoms with Crippen molar-refractivity contribution in [1.82, 2.24) is 0 Å². The zero-order valence-electron chi connectivity index (χ0n) is 9.78. The zero-order chi connectivity index (χ0) is 13.0. The first kappa shape index (κ1) is 11.3. The van der Waals surface area contributed by atoms with Gasteiger partial charge in [0.05, 0.1) is 5.02 Å². The fourth-order valence-electron chi connectivity index (χ4n) is 2.53. The summed E-state index contributed by atoms with van der Waals surface area (Å²) in [6, 6.07) is 16.1. The summed E-state index contributed by atoms with van der Waals surface area (Å²) in [5, 5.41) is 4.94. The molecule has 0 amide bonds. The molecule has 0 spiro atoms. The summed E-state index contributed by atoms with van der Waals surface area (Å²) < 4.78 is 7.03. The molecule has 0 N–H and O–H groups in total. The monoisotopic (exact) mass is 330 g/mol. The highest BCUT2D eigenvalue weighted by atomic mass is 79.9. The van der Waals surface area contributed by atoms with Crippen molar-refractivity contribution in [1.29, 1.82) is 0 Å². The van der Waals surface area contributed by atoms with Crippen molar-refractivity contribution in [3.8, 4) is 0 Å². The van der Waals surface area contributed by atoms with Crippen LogP contribution >= 0.6 is 27.5 Å². The minimum absolute atomic E-state index is 0.731. The molecule has 4 rings (SSSR count). The van der Waals surface area contributed by atoms with Crippen LogP contribution in [0.5, 0.6) is 0 Å². The van der Waals surface area contributed by atoms with Gasteiger partial charge in [0, 0.05) is 20.6 Å². The lowest BCUT2D eigenvalue weighted by molar-refractivity contribution is 0.672. The van der Waals surface area contributed by atoms with Gasteiger partial charge in [-0.15, -0.1) is 0 Å². The van der Waals surface area contributed by atoms with Crippen LogP contribution in [0.1, 0.15) is 0 Å². The van der Waals surface area contributed by atoms with E-state index in [-0.39, 0.29) is 0 Å². The number of hydrogen-bond acceptors (Lipinski definition) is 1. The van der Waals surface area contributed by atoms with Gasteiger partial charge in [0.15, 0.2) is 0 Å². The Morgan fingerprint density at radius 2 is 1.79 bits per heavy atom. The Kier molecular flexibility index (Phi) is 2.38. The maximum Gasteiger partial charge on any atom is 0.144 e. The number of benzene rings is 3. The quantitative estimate of drug-likeness (QED) is 0.376. The Morgan fingerprint density at radius 1 is 0.947 bits per heavy atom. The molecule has 0 saturated carbocycles. The van der Waals surface area contributed by atoms with Crippen molar-refractivity contribution < 1.29 is 4.42 Å². The first-order valence-corrected chi connectivity index (χ1v) is 7.10. The Balaban J connectivity index is 2.35. The molecule has 0 aliphatic heterocycles. The molecule has 1 nitrogen and oxygen atoms in total. The van der Waals surface area contributed by atoms with E-state index >= 15 is 0 Å². The van der Waals surface area contributed by atoms with Crippen molar-refractivity contribution in [2.45, 2.75) is 0 Å². The molecule has 1 aromatic heterocycles. The Bertz CT molecular complexity index is 940. The molecule has 19 heavy (non-hydrogen) atoms. The van der Waals surface area contributed by atoms with E-state index in [0.29, 0.717) is 0 Å². The molecule has 0 aliphatic rings. The summed E-state index contributed by atoms with van der Waals surface area (Å²) in [6.45, 7) is 0. The predicted octanol–water partition coefficient (Wildman–Crippen LogP) is 6.16. The summed E-state index contributed by atoms with van der Waals surface area (Å²) in [5.74, 6) is 0. The number of hydrogen-bond donors (Lipinski definition) is 0. The van der Waals surface area contributed by atoms with E-state index in [0.717, 1.165) is 42.2 Å². The van der Waals surface area contributed by atoms with Gasteiger partial charge in [-0.25, -0.2) is 0 Å². The summed E-state index contributed by atoms with van der Waals surface area (Å²) in [5.41, 5.74) is 1.72. The maximum atomic E-state index is 6.42. The van der Waals surface area contributed by atoms with Crippen molar-refractivity contribution in [2.75, 3.05) is 0 Å². The summed E-state index contributed by atoms with van der Waals surface area (Å²) in [4.78, 5) is 0. The lowest BCUT2D eigenvalue weighted by Gasteiger charge is -2.01. The molecule has 3 aromatic carbocycles. The number of rotatable bonds is 0. The fourth-order valence-corrected chi connectivity index (χ4v) is 3.20. The Labute approximate surface area is 122 Å². The highest BCUT2D eigenvalue weighted by Crippen LogP contribution is 2.39. The predicted molar refractivity (Wildman–Crippen MR) is 83.9 cm³/mol. The van der Waals surface area contributed by atoms with E-state index in [2.05, 4.69) is 22.0 Å². The van der Waals surface area contributed by atoms with Crippen molar-refractivity contribution in [3.63, 3.8) is 0 Å². The molecular weight excluding hydrogens is 324 g/mol. The van der Waals surface area contributed by atoms with Crippen LogP contribution in [0.2, 0.25) is 5.02 Å².